The average molecular weight is 358 g/mol. The molecule has 0 atom stereocenters. The number of fused-ring (bicyclic) bond motifs is 1. The predicted octanol–water partition coefficient (Wildman–Crippen LogP) is 4.68. The Labute approximate surface area is 156 Å². The van der Waals surface area contributed by atoms with E-state index in [9.17, 15) is 4.79 Å². The average Bonchev–Trinajstić information content (AvgIpc) is 3.13. The van der Waals surface area contributed by atoms with E-state index in [1.165, 1.54) is 0 Å². The van der Waals surface area contributed by atoms with E-state index in [1.54, 1.807) is 7.11 Å². The first-order valence-corrected chi connectivity index (χ1v) is 8.60. The Kier molecular flexibility index (Phi) is 4.58. The number of anilines is 1. The zero-order valence-electron chi connectivity index (χ0n) is 14.8. The zero-order valence-corrected chi connectivity index (χ0v) is 14.8. The maximum absolute atomic E-state index is 12.2. The Balaban J connectivity index is 1.43. The molecule has 1 N–H and O–H groups in total. The van der Waals surface area contributed by atoms with Crippen LogP contribution < -0.4 is 10.1 Å². The Morgan fingerprint density at radius 2 is 1.74 bits per heavy atom. The normalized spacial score (nSPS) is 10.7. The number of rotatable bonds is 5. The Bertz CT molecular complexity index is 1030. The number of amides is 1. The number of benzene rings is 3. The van der Waals surface area contributed by atoms with E-state index in [-0.39, 0.29) is 5.91 Å². The molecule has 5 nitrogen and oxygen atoms in total. The van der Waals surface area contributed by atoms with Crippen LogP contribution in [0.3, 0.4) is 0 Å². The van der Waals surface area contributed by atoms with Crippen LogP contribution in [-0.2, 0) is 11.2 Å². The number of hydrogen-bond donors (Lipinski definition) is 1. The number of methoxy groups -OCH3 is 1. The van der Waals surface area contributed by atoms with Gasteiger partial charge in [-0.15, -0.1) is 0 Å². The maximum Gasteiger partial charge on any atom is 0.228 e. The molecule has 27 heavy (non-hydrogen) atoms. The summed E-state index contributed by atoms with van der Waals surface area (Å²) in [6.07, 6.45) is 0.302. The summed E-state index contributed by atoms with van der Waals surface area (Å²) in [5.74, 6) is 1.26. The highest BCUT2D eigenvalue weighted by atomic mass is 16.5. The lowest BCUT2D eigenvalue weighted by Crippen LogP contribution is -2.14. The van der Waals surface area contributed by atoms with Crippen LogP contribution in [0.25, 0.3) is 22.6 Å². The van der Waals surface area contributed by atoms with E-state index < -0.39 is 0 Å². The summed E-state index contributed by atoms with van der Waals surface area (Å²) in [4.78, 5) is 16.7. The number of oxazole rings is 1. The molecule has 0 radical (unpaired) electrons. The quantitative estimate of drug-likeness (QED) is 0.562. The predicted molar refractivity (Wildman–Crippen MR) is 105 cm³/mol. The largest absolute Gasteiger partial charge is 0.497 e. The molecule has 0 bridgehead atoms. The molecule has 1 aromatic heterocycles. The van der Waals surface area contributed by atoms with Gasteiger partial charge in [0, 0.05) is 11.3 Å². The number of nitrogens with zero attached hydrogens (tertiary/aromatic N) is 1. The number of nitrogens with one attached hydrogen (secondary N) is 1. The molecule has 0 aliphatic heterocycles. The van der Waals surface area contributed by atoms with Crippen molar-refractivity contribution in [3.63, 3.8) is 0 Å². The third-order valence-electron chi connectivity index (χ3n) is 4.23. The number of hydrogen-bond acceptors (Lipinski definition) is 4. The van der Waals surface area contributed by atoms with Gasteiger partial charge in [-0.2, -0.15) is 0 Å². The van der Waals surface area contributed by atoms with Crippen LogP contribution in [0.5, 0.6) is 5.75 Å². The van der Waals surface area contributed by atoms with Crippen LogP contribution in [0.15, 0.2) is 77.2 Å². The molecule has 5 heteroatoms. The van der Waals surface area contributed by atoms with Crippen LogP contribution in [0, 0.1) is 0 Å². The fraction of sp³-hybridized carbons (Fsp3) is 0.0909. The van der Waals surface area contributed by atoms with Gasteiger partial charge in [0.15, 0.2) is 5.58 Å². The van der Waals surface area contributed by atoms with Gasteiger partial charge < -0.3 is 14.5 Å². The van der Waals surface area contributed by atoms with Crippen molar-refractivity contribution in [2.45, 2.75) is 6.42 Å². The molecule has 0 aliphatic rings. The van der Waals surface area contributed by atoms with Crippen molar-refractivity contribution in [2.75, 3.05) is 12.4 Å². The molecular weight excluding hydrogens is 340 g/mol. The second-order valence-electron chi connectivity index (χ2n) is 6.14. The molecule has 0 saturated heterocycles. The van der Waals surface area contributed by atoms with Crippen LogP contribution >= 0.6 is 0 Å². The van der Waals surface area contributed by atoms with Gasteiger partial charge in [-0.25, -0.2) is 4.98 Å². The van der Waals surface area contributed by atoms with Gasteiger partial charge in [0.25, 0.3) is 0 Å². The highest BCUT2D eigenvalue weighted by Crippen LogP contribution is 2.25. The number of ether oxygens (including phenoxy) is 1. The lowest BCUT2D eigenvalue weighted by Gasteiger charge is -2.06. The van der Waals surface area contributed by atoms with E-state index >= 15 is 0 Å². The van der Waals surface area contributed by atoms with Gasteiger partial charge in [-0.05, 0) is 54.1 Å². The third kappa shape index (κ3) is 3.82. The first-order chi connectivity index (χ1) is 13.2. The molecule has 4 rings (SSSR count). The van der Waals surface area contributed by atoms with Crippen molar-refractivity contribution in [3.8, 4) is 17.2 Å². The van der Waals surface area contributed by atoms with Gasteiger partial charge >= 0.3 is 0 Å². The molecule has 3 aromatic carbocycles. The van der Waals surface area contributed by atoms with Crippen molar-refractivity contribution in [3.05, 3.63) is 78.4 Å². The van der Waals surface area contributed by atoms with Gasteiger partial charge in [-0.3, -0.25) is 4.79 Å². The van der Waals surface area contributed by atoms with Crippen molar-refractivity contribution < 1.29 is 13.9 Å². The first-order valence-electron chi connectivity index (χ1n) is 8.60. The maximum atomic E-state index is 12.2. The summed E-state index contributed by atoms with van der Waals surface area (Å²) >= 11 is 0. The smallest absolute Gasteiger partial charge is 0.228 e. The monoisotopic (exact) mass is 358 g/mol. The Hall–Kier alpha value is -3.60. The van der Waals surface area contributed by atoms with E-state index in [0.29, 0.717) is 12.3 Å². The van der Waals surface area contributed by atoms with E-state index in [2.05, 4.69) is 10.3 Å². The lowest BCUT2D eigenvalue weighted by atomic mass is 10.1. The lowest BCUT2D eigenvalue weighted by molar-refractivity contribution is -0.115. The van der Waals surface area contributed by atoms with Gasteiger partial charge in [0.2, 0.25) is 11.8 Å². The number of carbonyl (C=O) groups is 1. The summed E-state index contributed by atoms with van der Waals surface area (Å²) in [6.45, 7) is 0. The van der Waals surface area contributed by atoms with Gasteiger partial charge in [0.05, 0.1) is 13.5 Å². The van der Waals surface area contributed by atoms with Crippen LogP contribution in [0.4, 0.5) is 5.69 Å². The van der Waals surface area contributed by atoms with Crippen molar-refractivity contribution in [2.24, 2.45) is 0 Å². The number of aromatic nitrogens is 1. The third-order valence-corrected chi connectivity index (χ3v) is 4.23. The van der Waals surface area contributed by atoms with Crippen LogP contribution in [0.2, 0.25) is 0 Å². The molecule has 0 saturated carbocycles. The van der Waals surface area contributed by atoms with E-state index in [4.69, 9.17) is 9.15 Å². The molecule has 1 amide bonds. The molecule has 4 aromatic rings. The van der Waals surface area contributed by atoms with E-state index in [1.807, 2.05) is 72.8 Å². The topological polar surface area (TPSA) is 64.4 Å². The summed E-state index contributed by atoms with van der Waals surface area (Å²) < 4.78 is 10.9. The summed E-state index contributed by atoms with van der Waals surface area (Å²) in [5, 5.41) is 2.90. The minimum absolute atomic E-state index is 0.0743. The SMILES string of the molecule is COc1ccc(CC(=O)Nc2ccc(-c3nc4ccccc4o3)cc2)cc1. The molecule has 1 heterocycles. The highest BCUT2D eigenvalue weighted by Gasteiger charge is 2.09. The van der Waals surface area contributed by atoms with Crippen molar-refractivity contribution in [1.82, 2.24) is 4.98 Å². The summed E-state index contributed by atoms with van der Waals surface area (Å²) in [7, 11) is 1.62. The van der Waals surface area contributed by atoms with Crippen LogP contribution in [-0.4, -0.2) is 18.0 Å². The van der Waals surface area contributed by atoms with Crippen LogP contribution in [0.1, 0.15) is 5.56 Å². The molecule has 0 fully saturated rings. The first kappa shape index (κ1) is 16.8. The summed E-state index contributed by atoms with van der Waals surface area (Å²) in [6, 6.07) is 22.6. The Morgan fingerprint density at radius 3 is 2.44 bits per heavy atom. The second kappa shape index (κ2) is 7.33. The van der Waals surface area contributed by atoms with Crippen molar-refractivity contribution in [1.29, 1.82) is 0 Å². The number of carbonyl (C=O) groups excluding carboxylic acids is 1. The highest BCUT2D eigenvalue weighted by molar-refractivity contribution is 5.92. The standard InChI is InChI=1S/C22H18N2O3/c1-26-18-12-6-15(7-13-18)14-21(25)23-17-10-8-16(9-11-17)22-24-19-4-2-3-5-20(19)27-22/h2-13H,14H2,1H3,(H,23,25). The minimum Gasteiger partial charge on any atom is -0.497 e. The molecule has 134 valence electrons. The van der Waals surface area contributed by atoms with Gasteiger partial charge in [-0.1, -0.05) is 24.3 Å². The zero-order chi connectivity index (χ0) is 18.6. The van der Waals surface area contributed by atoms with Crippen molar-refractivity contribution >= 4 is 22.7 Å². The van der Waals surface area contributed by atoms with Gasteiger partial charge in [0.1, 0.15) is 11.3 Å². The molecule has 0 aliphatic carbocycles. The molecule has 0 spiro atoms. The molecular formula is C22H18N2O3. The molecule has 0 unspecified atom stereocenters. The minimum atomic E-state index is -0.0743. The van der Waals surface area contributed by atoms with E-state index in [0.717, 1.165) is 33.7 Å². The number of para-hydroxylation sites is 2. The second-order valence-corrected chi connectivity index (χ2v) is 6.14. The summed E-state index contributed by atoms with van der Waals surface area (Å²) in [5.41, 5.74) is 4.10. The fourth-order valence-corrected chi connectivity index (χ4v) is 2.83. The Morgan fingerprint density at radius 1 is 1.00 bits per heavy atom. The fourth-order valence-electron chi connectivity index (χ4n) is 2.83.